The van der Waals surface area contributed by atoms with Crippen LogP contribution in [0.3, 0.4) is 0 Å². The molecule has 1 aromatic rings. The summed E-state index contributed by atoms with van der Waals surface area (Å²) in [4.78, 5) is 18.7. The van der Waals surface area contributed by atoms with Gasteiger partial charge in [0.25, 0.3) is 0 Å². The van der Waals surface area contributed by atoms with Gasteiger partial charge in [0.2, 0.25) is 0 Å². The minimum atomic E-state index is -0.431. The Morgan fingerprint density at radius 2 is 2.10 bits per heavy atom. The third-order valence-electron chi connectivity index (χ3n) is 4.47. The molecule has 0 spiro atoms. The van der Waals surface area contributed by atoms with Crippen molar-refractivity contribution in [1.82, 2.24) is 9.88 Å². The minimum absolute atomic E-state index is 0.155. The van der Waals surface area contributed by atoms with Crippen molar-refractivity contribution in [3.05, 3.63) is 29.6 Å². The van der Waals surface area contributed by atoms with Crippen molar-refractivity contribution in [1.29, 1.82) is 0 Å². The van der Waals surface area contributed by atoms with E-state index in [0.29, 0.717) is 12.0 Å². The third-order valence-corrected chi connectivity index (χ3v) is 4.47. The summed E-state index contributed by atoms with van der Waals surface area (Å²) < 4.78 is 5.58. The number of ether oxygens (including phenoxy) is 1. The molecule has 2 aliphatic rings. The van der Waals surface area contributed by atoms with Crippen LogP contribution in [0.4, 0.5) is 4.79 Å². The largest absolute Gasteiger partial charge is 0.444 e. The maximum Gasteiger partial charge on any atom is 0.410 e. The van der Waals surface area contributed by atoms with Crippen LogP contribution in [0.2, 0.25) is 0 Å². The second kappa shape index (κ2) is 5.00. The molecule has 2 fully saturated rings. The molecule has 3 unspecified atom stereocenters. The van der Waals surface area contributed by atoms with Crippen LogP contribution in [0.1, 0.15) is 57.1 Å². The Hall–Kier alpha value is -1.58. The van der Waals surface area contributed by atoms with Crippen molar-refractivity contribution in [3.8, 4) is 0 Å². The molecule has 0 aliphatic carbocycles. The van der Waals surface area contributed by atoms with Crippen molar-refractivity contribution in [3.63, 3.8) is 0 Å². The van der Waals surface area contributed by atoms with Crippen molar-refractivity contribution in [2.24, 2.45) is 0 Å². The lowest BCUT2D eigenvalue weighted by molar-refractivity contribution is 0.0213. The molecule has 0 radical (unpaired) electrons. The first-order chi connectivity index (χ1) is 9.85. The summed E-state index contributed by atoms with van der Waals surface area (Å²) in [5, 5.41) is 0. The lowest BCUT2D eigenvalue weighted by atomic mass is 9.84. The number of rotatable bonds is 1. The van der Waals surface area contributed by atoms with E-state index in [-0.39, 0.29) is 12.1 Å². The van der Waals surface area contributed by atoms with Crippen LogP contribution in [0.5, 0.6) is 0 Å². The highest BCUT2D eigenvalue weighted by molar-refractivity contribution is 5.70. The molecule has 4 nitrogen and oxygen atoms in total. The molecule has 21 heavy (non-hydrogen) atoms. The Kier molecular flexibility index (Phi) is 3.42. The van der Waals surface area contributed by atoms with Crippen LogP contribution in [-0.2, 0) is 4.74 Å². The van der Waals surface area contributed by atoms with E-state index in [1.165, 1.54) is 11.1 Å². The number of pyridine rings is 1. The molecule has 4 heteroatoms. The van der Waals surface area contributed by atoms with Gasteiger partial charge in [0, 0.05) is 30.4 Å². The van der Waals surface area contributed by atoms with Gasteiger partial charge < -0.3 is 9.64 Å². The second-order valence-corrected chi connectivity index (χ2v) is 7.32. The zero-order valence-electron chi connectivity index (χ0n) is 13.3. The summed E-state index contributed by atoms with van der Waals surface area (Å²) in [6.07, 6.45) is 6.88. The zero-order valence-corrected chi connectivity index (χ0v) is 13.3. The van der Waals surface area contributed by atoms with E-state index in [1.807, 2.05) is 38.1 Å². The standard InChI is InChI=1S/C17H24N2O2/c1-11-7-12(10-18-9-11)14-8-13-5-6-15(14)19(13)16(20)21-17(2,3)4/h7,9-10,13-15H,5-6,8H2,1-4H3. The highest BCUT2D eigenvalue weighted by Gasteiger charge is 2.50. The lowest BCUT2D eigenvalue weighted by Crippen LogP contribution is -2.40. The van der Waals surface area contributed by atoms with Crippen molar-refractivity contribution < 1.29 is 9.53 Å². The molecular formula is C17H24N2O2. The quantitative estimate of drug-likeness (QED) is 0.792. The summed E-state index contributed by atoms with van der Waals surface area (Å²) in [7, 11) is 0. The SMILES string of the molecule is Cc1cncc(C2CC3CCC2N3C(=O)OC(C)(C)C)c1. The van der Waals surface area contributed by atoms with Crippen molar-refractivity contribution in [2.75, 3.05) is 0 Å². The maximum absolute atomic E-state index is 12.5. The van der Waals surface area contributed by atoms with Gasteiger partial charge in [-0.1, -0.05) is 6.07 Å². The fourth-order valence-corrected chi connectivity index (χ4v) is 3.73. The molecule has 114 valence electrons. The number of carbonyl (C=O) groups is 1. The summed E-state index contributed by atoms with van der Waals surface area (Å²) in [6.45, 7) is 7.83. The molecular weight excluding hydrogens is 264 g/mol. The summed E-state index contributed by atoms with van der Waals surface area (Å²) in [6, 6.07) is 2.80. The summed E-state index contributed by atoms with van der Waals surface area (Å²) in [5.74, 6) is 0.406. The van der Waals surface area contributed by atoms with E-state index in [4.69, 9.17) is 4.74 Å². The van der Waals surface area contributed by atoms with E-state index < -0.39 is 5.60 Å². The average Bonchev–Trinajstić information content (AvgIpc) is 2.94. The van der Waals surface area contributed by atoms with E-state index >= 15 is 0 Å². The van der Waals surface area contributed by atoms with Gasteiger partial charge in [-0.05, 0) is 58.1 Å². The Morgan fingerprint density at radius 3 is 2.76 bits per heavy atom. The van der Waals surface area contributed by atoms with Crippen LogP contribution in [-0.4, -0.2) is 33.7 Å². The van der Waals surface area contributed by atoms with Gasteiger partial charge in [-0.3, -0.25) is 4.98 Å². The van der Waals surface area contributed by atoms with Crippen molar-refractivity contribution in [2.45, 2.75) is 70.6 Å². The summed E-state index contributed by atoms with van der Waals surface area (Å²) in [5.41, 5.74) is 2.01. The van der Waals surface area contributed by atoms with Gasteiger partial charge in [0.1, 0.15) is 5.60 Å². The number of aryl methyl sites for hydroxylation is 1. The average molecular weight is 288 g/mol. The van der Waals surface area contributed by atoms with Gasteiger partial charge >= 0.3 is 6.09 Å². The van der Waals surface area contributed by atoms with Gasteiger partial charge in [-0.25, -0.2) is 4.79 Å². The predicted molar refractivity (Wildman–Crippen MR) is 81.2 cm³/mol. The minimum Gasteiger partial charge on any atom is -0.444 e. The zero-order chi connectivity index (χ0) is 15.2. The van der Waals surface area contributed by atoms with Crippen LogP contribution < -0.4 is 0 Å². The second-order valence-electron chi connectivity index (χ2n) is 7.32. The molecule has 3 atom stereocenters. The highest BCUT2D eigenvalue weighted by Crippen LogP contribution is 2.47. The normalized spacial score (nSPS) is 28.0. The smallest absolute Gasteiger partial charge is 0.410 e. The topological polar surface area (TPSA) is 42.4 Å². The van der Waals surface area contributed by atoms with Gasteiger partial charge in [0.15, 0.2) is 0 Å². The molecule has 3 heterocycles. The molecule has 0 saturated carbocycles. The molecule has 0 aromatic carbocycles. The van der Waals surface area contributed by atoms with Crippen LogP contribution in [0.25, 0.3) is 0 Å². The predicted octanol–water partition coefficient (Wildman–Crippen LogP) is 3.65. The maximum atomic E-state index is 12.5. The molecule has 2 bridgehead atoms. The highest BCUT2D eigenvalue weighted by atomic mass is 16.6. The van der Waals surface area contributed by atoms with E-state index in [0.717, 1.165) is 19.3 Å². The van der Waals surface area contributed by atoms with E-state index in [2.05, 4.69) is 18.0 Å². The Bertz CT molecular complexity index is 550. The number of fused-ring (bicyclic) bond motifs is 2. The number of aromatic nitrogens is 1. The fraction of sp³-hybridized carbons (Fsp3) is 0.647. The summed E-state index contributed by atoms with van der Waals surface area (Å²) >= 11 is 0. The van der Waals surface area contributed by atoms with Gasteiger partial charge in [0.05, 0.1) is 0 Å². The Labute approximate surface area is 126 Å². The first-order valence-corrected chi connectivity index (χ1v) is 7.78. The van der Waals surface area contributed by atoms with Crippen LogP contribution in [0, 0.1) is 6.92 Å². The molecule has 2 saturated heterocycles. The van der Waals surface area contributed by atoms with Gasteiger partial charge in [-0.2, -0.15) is 0 Å². The van der Waals surface area contributed by atoms with Crippen LogP contribution in [0.15, 0.2) is 18.5 Å². The number of carbonyl (C=O) groups excluding carboxylic acids is 1. The first kappa shape index (κ1) is 14.4. The number of hydrogen-bond acceptors (Lipinski definition) is 3. The number of nitrogens with zero attached hydrogens (tertiary/aromatic N) is 2. The molecule has 1 aromatic heterocycles. The molecule has 3 rings (SSSR count). The lowest BCUT2D eigenvalue weighted by Gasteiger charge is -2.28. The fourth-order valence-electron chi connectivity index (χ4n) is 3.73. The van der Waals surface area contributed by atoms with Gasteiger partial charge in [-0.15, -0.1) is 0 Å². The molecule has 1 amide bonds. The Balaban J connectivity index is 1.79. The van der Waals surface area contributed by atoms with E-state index in [1.54, 1.807) is 0 Å². The third kappa shape index (κ3) is 2.76. The van der Waals surface area contributed by atoms with Crippen molar-refractivity contribution >= 4 is 6.09 Å². The van der Waals surface area contributed by atoms with E-state index in [9.17, 15) is 4.79 Å². The molecule has 2 aliphatic heterocycles. The van der Waals surface area contributed by atoms with Crippen LogP contribution >= 0.6 is 0 Å². The molecule has 0 N–H and O–H groups in total. The number of hydrogen-bond donors (Lipinski definition) is 0. The first-order valence-electron chi connectivity index (χ1n) is 7.78. The monoisotopic (exact) mass is 288 g/mol. The number of amides is 1. The Morgan fingerprint density at radius 1 is 1.33 bits per heavy atom.